The van der Waals surface area contributed by atoms with Gasteiger partial charge in [-0.25, -0.2) is 9.89 Å². The smallest absolute Gasteiger partial charge is 0.306 e. The van der Waals surface area contributed by atoms with Crippen LogP contribution in [-0.2, 0) is 6.54 Å². The number of aromatic nitrogens is 3. The van der Waals surface area contributed by atoms with Gasteiger partial charge in [-0.2, -0.15) is 5.10 Å². The molecule has 5 nitrogen and oxygen atoms in total. The lowest BCUT2D eigenvalue weighted by Crippen LogP contribution is -2.33. The number of benzene rings is 1. The van der Waals surface area contributed by atoms with Crippen LogP contribution in [0.15, 0.2) is 29.1 Å². The summed E-state index contributed by atoms with van der Waals surface area (Å²) in [5.74, 6) is 1.24. The molecular weight excluding hydrogens is 264 g/mol. The molecule has 0 aliphatic carbocycles. The molecule has 1 aromatic heterocycles. The van der Waals surface area contributed by atoms with Gasteiger partial charge in [0.25, 0.3) is 0 Å². The van der Waals surface area contributed by atoms with Crippen LogP contribution >= 0.6 is 0 Å². The minimum absolute atomic E-state index is 0.111. The van der Waals surface area contributed by atoms with E-state index in [-0.39, 0.29) is 5.69 Å². The predicted molar refractivity (Wildman–Crippen MR) is 82.6 cm³/mol. The third-order valence-electron chi connectivity index (χ3n) is 4.20. The first-order valence-corrected chi connectivity index (χ1v) is 7.52. The Bertz CT molecular complexity index is 673. The monoisotopic (exact) mass is 286 g/mol. The normalized spacial score (nSPS) is 19.8. The Hall–Kier alpha value is -1.88. The Morgan fingerprint density at radius 3 is 3.05 bits per heavy atom. The van der Waals surface area contributed by atoms with Gasteiger partial charge >= 0.3 is 5.69 Å². The van der Waals surface area contributed by atoms with Gasteiger partial charge in [-0.1, -0.05) is 29.8 Å². The second-order valence-corrected chi connectivity index (χ2v) is 6.06. The zero-order chi connectivity index (χ0) is 14.8. The summed E-state index contributed by atoms with van der Waals surface area (Å²) in [5.41, 5.74) is 2.24. The first kappa shape index (κ1) is 14.1. The molecule has 2 heterocycles. The van der Waals surface area contributed by atoms with E-state index >= 15 is 0 Å². The molecule has 5 heteroatoms. The number of H-pyrrole nitrogens is 1. The van der Waals surface area contributed by atoms with Crippen molar-refractivity contribution in [1.82, 2.24) is 19.7 Å². The number of likely N-dealkylation sites (N-methyl/N-ethyl adjacent to an activating group) is 1. The lowest BCUT2D eigenvalue weighted by atomic mass is 9.97. The van der Waals surface area contributed by atoms with Gasteiger partial charge in [-0.05, 0) is 38.9 Å². The summed E-state index contributed by atoms with van der Waals surface area (Å²) in [5, 5.41) is 6.91. The molecule has 3 rings (SSSR count). The van der Waals surface area contributed by atoms with Crippen molar-refractivity contribution in [2.45, 2.75) is 32.2 Å². The van der Waals surface area contributed by atoms with Crippen LogP contribution < -0.4 is 5.69 Å². The van der Waals surface area contributed by atoms with Crippen LogP contribution in [-0.4, -0.2) is 39.8 Å². The van der Waals surface area contributed by atoms with Crippen LogP contribution in [0.2, 0.25) is 0 Å². The lowest BCUT2D eigenvalue weighted by molar-refractivity contribution is 0.243. The highest BCUT2D eigenvalue weighted by Crippen LogP contribution is 2.24. The van der Waals surface area contributed by atoms with Crippen LogP contribution in [0, 0.1) is 6.92 Å². The number of aryl methyl sites for hydroxylation is 1. The van der Waals surface area contributed by atoms with Gasteiger partial charge in [0.05, 0.1) is 6.54 Å². The fraction of sp³-hybridized carbons (Fsp3) is 0.500. The second kappa shape index (κ2) is 5.85. The molecule has 2 aromatic rings. The van der Waals surface area contributed by atoms with Crippen LogP contribution in [0.3, 0.4) is 0 Å². The van der Waals surface area contributed by atoms with E-state index in [4.69, 9.17) is 0 Å². The average molecular weight is 286 g/mol. The molecule has 0 radical (unpaired) electrons. The van der Waals surface area contributed by atoms with Crippen LogP contribution in [0.1, 0.15) is 35.7 Å². The number of nitrogens with zero attached hydrogens (tertiary/aromatic N) is 3. The summed E-state index contributed by atoms with van der Waals surface area (Å²) in [7, 11) is 2.13. The molecule has 21 heavy (non-hydrogen) atoms. The maximum Gasteiger partial charge on any atom is 0.343 e. The molecule has 1 aromatic carbocycles. The van der Waals surface area contributed by atoms with E-state index in [9.17, 15) is 4.79 Å². The SMILES string of the molecule is Cc1cccc(Cn2c([C@H]3CCCN(C)C3)n[nH]c2=O)c1. The summed E-state index contributed by atoms with van der Waals surface area (Å²) in [6.07, 6.45) is 2.26. The fourth-order valence-electron chi connectivity index (χ4n) is 3.16. The predicted octanol–water partition coefficient (Wildman–Crippen LogP) is 1.74. The maximum absolute atomic E-state index is 12.1. The van der Waals surface area contributed by atoms with Gasteiger partial charge in [0.15, 0.2) is 0 Å². The molecule has 0 spiro atoms. The molecule has 1 atom stereocenters. The van der Waals surface area contributed by atoms with Gasteiger partial charge in [0.2, 0.25) is 0 Å². The second-order valence-electron chi connectivity index (χ2n) is 6.06. The molecular formula is C16H22N4O. The van der Waals surface area contributed by atoms with Crippen molar-refractivity contribution in [3.8, 4) is 0 Å². The number of nitrogens with one attached hydrogen (secondary N) is 1. The van der Waals surface area contributed by atoms with Gasteiger partial charge in [-0.15, -0.1) is 0 Å². The summed E-state index contributed by atoms with van der Waals surface area (Å²) in [6, 6.07) is 8.28. The topological polar surface area (TPSA) is 53.9 Å². The Kier molecular flexibility index (Phi) is 3.92. The minimum atomic E-state index is -0.111. The van der Waals surface area contributed by atoms with Gasteiger partial charge < -0.3 is 4.90 Å². The van der Waals surface area contributed by atoms with Crippen molar-refractivity contribution in [2.75, 3.05) is 20.1 Å². The van der Waals surface area contributed by atoms with Crippen molar-refractivity contribution < 1.29 is 0 Å². The molecule has 0 amide bonds. The van der Waals surface area contributed by atoms with Gasteiger partial charge in [-0.3, -0.25) is 4.57 Å². The van der Waals surface area contributed by atoms with E-state index < -0.39 is 0 Å². The van der Waals surface area contributed by atoms with E-state index in [1.54, 1.807) is 4.57 Å². The Balaban J connectivity index is 1.88. The van der Waals surface area contributed by atoms with Crippen LogP contribution in [0.25, 0.3) is 0 Å². The zero-order valence-electron chi connectivity index (χ0n) is 12.7. The molecule has 112 valence electrons. The summed E-state index contributed by atoms with van der Waals surface area (Å²) < 4.78 is 1.79. The Morgan fingerprint density at radius 1 is 1.43 bits per heavy atom. The molecule has 1 N–H and O–H groups in total. The first-order chi connectivity index (χ1) is 10.1. The highest BCUT2D eigenvalue weighted by Gasteiger charge is 2.24. The molecule has 0 unspecified atom stereocenters. The van der Waals surface area contributed by atoms with Crippen molar-refractivity contribution in [3.63, 3.8) is 0 Å². The van der Waals surface area contributed by atoms with Crippen LogP contribution in [0.4, 0.5) is 0 Å². The minimum Gasteiger partial charge on any atom is -0.306 e. The van der Waals surface area contributed by atoms with E-state index in [1.807, 2.05) is 6.07 Å². The zero-order valence-corrected chi connectivity index (χ0v) is 12.7. The van der Waals surface area contributed by atoms with Gasteiger partial charge in [0, 0.05) is 12.5 Å². The van der Waals surface area contributed by atoms with E-state index in [0.29, 0.717) is 12.5 Å². The quantitative estimate of drug-likeness (QED) is 0.935. The number of aromatic amines is 1. The fourth-order valence-corrected chi connectivity index (χ4v) is 3.16. The molecule has 1 aliphatic heterocycles. The molecule has 1 fully saturated rings. The third kappa shape index (κ3) is 3.08. The van der Waals surface area contributed by atoms with E-state index in [0.717, 1.165) is 37.3 Å². The number of hydrogen-bond acceptors (Lipinski definition) is 3. The highest BCUT2D eigenvalue weighted by molar-refractivity contribution is 5.22. The average Bonchev–Trinajstić information content (AvgIpc) is 2.80. The number of likely N-dealkylation sites (tertiary alicyclic amines) is 1. The molecule has 1 aliphatic rings. The summed E-state index contributed by atoms with van der Waals surface area (Å²) >= 11 is 0. The largest absolute Gasteiger partial charge is 0.343 e. The van der Waals surface area contributed by atoms with E-state index in [2.05, 4.69) is 47.3 Å². The third-order valence-corrected chi connectivity index (χ3v) is 4.20. The van der Waals surface area contributed by atoms with Crippen molar-refractivity contribution in [1.29, 1.82) is 0 Å². The van der Waals surface area contributed by atoms with Crippen LogP contribution in [0.5, 0.6) is 0 Å². The number of rotatable bonds is 3. The number of piperidine rings is 1. The van der Waals surface area contributed by atoms with Gasteiger partial charge in [0.1, 0.15) is 5.82 Å². The molecule has 0 bridgehead atoms. The number of hydrogen-bond donors (Lipinski definition) is 1. The van der Waals surface area contributed by atoms with E-state index in [1.165, 1.54) is 5.56 Å². The maximum atomic E-state index is 12.1. The summed E-state index contributed by atoms with van der Waals surface area (Å²) in [4.78, 5) is 14.4. The Labute approximate surface area is 124 Å². The Morgan fingerprint density at radius 2 is 2.29 bits per heavy atom. The highest BCUT2D eigenvalue weighted by atomic mass is 16.1. The van der Waals surface area contributed by atoms with Crippen molar-refractivity contribution in [2.24, 2.45) is 0 Å². The summed E-state index contributed by atoms with van der Waals surface area (Å²) in [6.45, 7) is 4.76. The lowest BCUT2D eigenvalue weighted by Gasteiger charge is -2.29. The van der Waals surface area contributed by atoms with Crippen molar-refractivity contribution >= 4 is 0 Å². The molecule has 1 saturated heterocycles. The van der Waals surface area contributed by atoms with Crippen molar-refractivity contribution in [3.05, 3.63) is 51.7 Å². The molecule has 0 saturated carbocycles. The standard InChI is InChI=1S/C16H22N4O/c1-12-5-3-6-13(9-12)10-20-15(17-18-16(20)21)14-7-4-8-19(2)11-14/h3,5-6,9,14H,4,7-8,10-11H2,1-2H3,(H,18,21)/t14-/m0/s1. The first-order valence-electron chi connectivity index (χ1n) is 7.52.